The molecule has 0 bridgehead atoms. The van der Waals surface area contributed by atoms with E-state index in [1.165, 1.54) is 18.5 Å². The minimum Gasteiger partial charge on any atom is -0.385 e. The first-order valence-corrected chi connectivity index (χ1v) is 9.15. The molecule has 0 amide bonds. The molecule has 5 heteroatoms. The average Bonchev–Trinajstić information content (AvgIpc) is 3.42. The maximum atomic E-state index is 5.71. The van der Waals surface area contributed by atoms with Gasteiger partial charge in [0.2, 0.25) is 0 Å². The topological polar surface area (TPSA) is 48.9 Å². The summed E-state index contributed by atoms with van der Waals surface area (Å²) in [7, 11) is 2.07. The van der Waals surface area contributed by atoms with Crippen molar-refractivity contribution >= 4 is 11.6 Å². The van der Waals surface area contributed by atoms with Gasteiger partial charge in [0.1, 0.15) is 0 Å². The molecule has 2 rings (SSSR count). The van der Waals surface area contributed by atoms with Crippen LogP contribution in [0.1, 0.15) is 26.2 Å². The van der Waals surface area contributed by atoms with Crippen LogP contribution in [0.4, 0.5) is 5.69 Å². The summed E-state index contributed by atoms with van der Waals surface area (Å²) < 4.78 is 5.71. The fraction of sp³-hybridized carbons (Fsp3) is 0.632. The highest BCUT2D eigenvalue weighted by Crippen LogP contribution is 2.28. The van der Waals surface area contributed by atoms with Crippen molar-refractivity contribution in [3.8, 4) is 0 Å². The number of para-hydroxylation sites is 1. The van der Waals surface area contributed by atoms with Crippen molar-refractivity contribution in [1.82, 2.24) is 10.2 Å². The monoisotopic (exact) mass is 332 g/mol. The van der Waals surface area contributed by atoms with Crippen LogP contribution in [0.15, 0.2) is 35.3 Å². The van der Waals surface area contributed by atoms with E-state index in [0.29, 0.717) is 0 Å². The van der Waals surface area contributed by atoms with Crippen LogP contribution < -0.4 is 10.6 Å². The van der Waals surface area contributed by atoms with Gasteiger partial charge in [0, 0.05) is 45.5 Å². The number of hydrogen-bond donors (Lipinski definition) is 2. The molecule has 0 unspecified atom stereocenters. The molecule has 1 fully saturated rings. The molecule has 1 aliphatic rings. The van der Waals surface area contributed by atoms with Crippen molar-refractivity contribution < 1.29 is 4.74 Å². The van der Waals surface area contributed by atoms with E-state index in [0.717, 1.165) is 57.7 Å². The maximum absolute atomic E-state index is 5.71. The van der Waals surface area contributed by atoms with E-state index in [1.54, 1.807) is 0 Å². The number of aliphatic imine (C=N–C) groups is 1. The number of likely N-dealkylation sites (N-methyl/N-ethyl adjacent to an activating group) is 1. The van der Waals surface area contributed by atoms with Gasteiger partial charge in [0.25, 0.3) is 0 Å². The van der Waals surface area contributed by atoms with Gasteiger partial charge in [-0.05, 0) is 44.2 Å². The van der Waals surface area contributed by atoms with E-state index in [2.05, 4.69) is 41.6 Å². The first-order chi connectivity index (χ1) is 11.8. The number of benzene rings is 1. The fourth-order valence-electron chi connectivity index (χ4n) is 2.36. The summed E-state index contributed by atoms with van der Waals surface area (Å²) in [5.41, 5.74) is 1.17. The molecule has 1 aliphatic carbocycles. The summed E-state index contributed by atoms with van der Waals surface area (Å²) in [6.45, 7) is 7.30. The molecule has 0 spiro atoms. The van der Waals surface area contributed by atoms with Crippen LogP contribution in [0.25, 0.3) is 0 Å². The summed E-state index contributed by atoms with van der Waals surface area (Å²) in [6, 6.07) is 10.3. The van der Waals surface area contributed by atoms with Crippen LogP contribution >= 0.6 is 0 Å². The summed E-state index contributed by atoms with van der Waals surface area (Å²) in [4.78, 5) is 6.86. The van der Waals surface area contributed by atoms with Gasteiger partial charge in [-0.2, -0.15) is 0 Å². The second kappa shape index (κ2) is 10.9. The Bertz CT molecular complexity index is 474. The highest BCUT2D eigenvalue weighted by atomic mass is 16.5. The third kappa shape index (κ3) is 7.68. The molecule has 1 aromatic carbocycles. The summed E-state index contributed by atoms with van der Waals surface area (Å²) in [5, 5.41) is 6.77. The van der Waals surface area contributed by atoms with Crippen molar-refractivity contribution in [1.29, 1.82) is 0 Å². The lowest BCUT2D eigenvalue weighted by Crippen LogP contribution is -2.40. The molecule has 0 atom stereocenters. The first-order valence-electron chi connectivity index (χ1n) is 9.15. The Labute approximate surface area is 146 Å². The Kier molecular flexibility index (Phi) is 8.46. The lowest BCUT2D eigenvalue weighted by Gasteiger charge is -2.22. The van der Waals surface area contributed by atoms with Gasteiger partial charge in [0.15, 0.2) is 5.96 Å². The predicted octanol–water partition coefficient (Wildman–Crippen LogP) is 2.81. The van der Waals surface area contributed by atoms with Crippen LogP contribution in [0.2, 0.25) is 0 Å². The van der Waals surface area contributed by atoms with E-state index < -0.39 is 0 Å². The number of hydrogen-bond acceptors (Lipinski definition) is 3. The molecule has 2 N–H and O–H groups in total. The van der Waals surface area contributed by atoms with Gasteiger partial charge in [0.05, 0.1) is 6.61 Å². The molecule has 0 radical (unpaired) electrons. The average molecular weight is 332 g/mol. The second-order valence-corrected chi connectivity index (χ2v) is 6.32. The lowest BCUT2D eigenvalue weighted by molar-refractivity contribution is 0.115. The second-order valence-electron chi connectivity index (χ2n) is 6.32. The molecular formula is C19H32N4O. The number of guanidine groups is 1. The summed E-state index contributed by atoms with van der Waals surface area (Å²) in [5.74, 6) is 1.79. The highest BCUT2D eigenvalue weighted by molar-refractivity contribution is 5.79. The number of nitrogens with zero attached hydrogens (tertiary/aromatic N) is 2. The van der Waals surface area contributed by atoms with E-state index >= 15 is 0 Å². The highest BCUT2D eigenvalue weighted by Gasteiger charge is 2.21. The molecule has 0 heterocycles. The van der Waals surface area contributed by atoms with Crippen LogP contribution in [0.3, 0.4) is 0 Å². The molecule has 1 saturated carbocycles. The summed E-state index contributed by atoms with van der Waals surface area (Å²) in [6.07, 6.45) is 3.70. The molecule has 0 aromatic heterocycles. The van der Waals surface area contributed by atoms with Gasteiger partial charge in [-0.3, -0.25) is 4.99 Å². The molecule has 5 nitrogen and oxygen atoms in total. The van der Waals surface area contributed by atoms with Crippen LogP contribution in [0.5, 0.6) is 0 Å². The third-order valence-electron chi connectivity index (χ3n) is 4.02. The minimum absolute atomic E-state index is 0.771. The van der Waals surface area contributed by atoms with Crippen molar-refractivity contribution in [2.75, 3.05) is 51.8 Å². The zero-order valence-corrected chi connectivity index (χ0v) is 15.1. The lowest BCUT2D eigenvalue weighted by atomic mass is 10.3. The van der Waals surface area contributed by atoms with Gasteiger partial charge >= 0.3 is 0 Å². The molecule has 134 valence electrons. The maximum Gasteiger partial charge on any atom is 0.193 e. The summed E-state index contributed by atoms with van der Waals surface area (Å²) >= 11 is 0. The smallest absolute Gasteiger partial charge is 0.193 e. The Balaban J connectivity index is 1.62. The van der Waals surface area contributed by atoms with E-state index in [9.17, 15) is 0 Å². The van der Waals surface area contributed by atoms with Gasteiger partial charge in [-0.25, -0.2) is 0 Å². The van der Waals surface area contributed by atoms with Crippen LogP contribution in [-0.2, 0) is 4.74 Å². The van der Waals surface area contributed by atoms with Crippen LogP contribution in [-0.4, -0.2) is 57.3 Å². The van der Waals surface area contributed by atoms with Crippen LogP contribution in [0, 0.1) is 5.92 Å². The van der Waals surface area contributed by atoms with Gasteiger partial charge in [-0.1, -0.05) is 18.2 Å². The quantitative estimate of drug-likeness (QED) is 0.372. The van der Waals surface area contributed by atoms with Crippen molar-refractivity contribution in [2.45, 2.75) is 26.2 Å². The zero-order valence-electron chi connectivity index (χ0n) is 15.1. The number of ether oxygens (including phenoxy) is 1. The zero-order chi connectivity index (χ0) is 17.0. The number of rotatable bonds is 11. The van der Waals surface area contributed by atoms with Crippen molar-refractivity contribution in [3.63, 3.8) is 0 Å². The van der Waals surface area contributed by atoms with E-state index in [1.807, 2.05) is 18.2 Å². The Morgan fingerprint density at radius 3 is 2.79 bits per heavy atom. The van der Waals surface area contributed by atoms with Crippen molar-refractivity contribution in [2.24, 2.45) is 10.9 Å². The Hall–Kier alpha value is -1.75. The molecule has 0 saturated heterocycles. The number of nitrogens with one attached hydrogen (secondary N) is 2. The van der Waals surface area contributed by atoms with Gasteiger partial charge in [-0.15, -0.1) is 0 Å². The van der Waals surface area contributed by atoms with E-state index in [4.69, 9.17) is 9.73 Å². The molecule has 24 heavy (non-hydrogen) atoms. The normalized spacial score (nSPS) is 14.5. The Morgan fingerprint density at radius 2 is 2.08 bits per heavy atom. The standard InChI is InChI=1S/C19H32N4O/c1-3-20-19(23(2)14-15-24-16-17-10-11-17)22-13-7-12-21-18-8-5-4-6-9-18/h4-6,8-9,17,21H,3,7,10-16H2,1-2H3,(H,20,22). The predicted molar refractivity (Wildman–Crippen MR) is 102 cm³/mol. The van der Waals surface area contributed by atoms with Gasteiger partial charge < -0.3 is 20.3 Å². The third-order valence-corrected chi connectivity index (χ3v) is 4.02. The Morgan fingerprint density at radius 1 is 1.29 bits per heavy atom. The SMILES string of the molecule is CCNC(=NCCCNc1ccccc1)N(C)CCOCC1CC1. The fourth-order valence-corrected chi connectivity index (χ4v) is 2.36. The first kappa shape index (κ1) is 18.6. The minimum atomic E-state index is 0.771. The largest absolute Gasteiger partial charge is 0.385 e. The van der Waals surface area contributed by atoms with Crippen molar-refractivity contribution in [3.05, 3.63) is 30.3 Å². The molecular weight excluding hydrogens is 300 g/mol. The molecule has 1 aromatic rings. The van der Waals surface area contributed by atoms with E-state index in [-0.39, 0.29) is 0 Å². The molecule has 0 aliphatic heterocycles. The number of anilines is 1.